The number of hydrogen-bond donors (Lipinski definition) is 1. The van der Waals surface area contributed by atoms with E-state index in [0.29, 0.717) is 36.1 Å². The summed E-state index contributed by atoms with van der Waals surface area (Å²) >= 11 is 0. The molecule has 1 saturated heterocycles. The van der Waals surface area contributed by atoms with Gasteiger partial charge in [0.05, 0.1) is 5.56 Å². The van der Waals surface area contributed by atoms with Gasteiger partial charge in [0.1, 0.15) is 5.75 Å². The molecule has 1 amide bonds. The molecule has 0 aliphatic carbocycles. The molecule has 3 rings (SSSR count). The minimum absolute atomic E-state index is 0.0184. The highest BCUT2D eigenvalue weighted by Gasteiger charge is 2.27. The van der Waals surface area contributed by atoms with Gasteiger partial charge in [-0.2, -0.15) is 4.98 Å². The second-order valence-corrected chi connectivity index (χ2v) is 6.19. The maximum Gasteiger partial charge on any atom is 0.257 e. The van der Waals surface area contributed by atoms with E-state index in [-0.39, 0.29) is 24.6 Å². The molecule has 1 fully saturated rings. The topological polar surface area (TPSA) is 80.5 Å². The Hall–Kier alpha value is -2.41. The van der Waals surface area contributed by atoms with Crippen LogP contribution in [0.5, 0.6) is 5.75 Å². The molecule has 24 heavy (non-hydrogen) atoms. The summed E-state index contributed by atoms with van der Waals surface area (Å²) in [5.74, 6) is 1.46. The molecule has 1 aliphatic heterocycles. The first-order valence-electron chi connectivity index (χ1n) is 8.09. The van der Waals surface area contributed by atoms with E-state index in [2.05, 4.69) is 29.3 Å². The zero-order valence-electron chi connectivity index (χ0n) is 14.2. The highest BCUT2D eigenvalue weighted by Crippen LogP contribution is 2.22. The van der Waals surface area contributed by atoms with E-state index in [9.17, 15) is 4.79 Å². The van der Waals surface area contributed by atoms with Gasteiger partial charge < -0.3 is 19.5 Å². The number of nitrogens with one attached hydrogen (secondary N) is 1. The molecule has 2 heterocycles. The lowest BCUT2D eigenvalue weighted by atomic mass is 10.1. The van der Waals surface area contributed by atoms with E-state index in [4.69, 9.17) is 9.26 Å². The van der Waals surface area contributed by atoms with Crippen LogP contribution >= 0.6 is 0 Å². The van der Waals surface area contributed by atoms with E-state index in [1.165, 1.54) is 0 Å². The number of aromatic nitrogens is 2. The Kier molecular flexibility index (Phi) is 4.80. The molecule has 7 heteroatoms. The molecule has 0 bridgehead atoms. The van der Waals surface area contributed by atoms with Crippen molar-refractivity contribution in [1.82, 2.24) is 20.4 Å². The van der Waals surface area contributed by atoms with Gasteiger partial charge in [0.25, 0.3) is 5.91 Å². The smallest absolute Gasteiger partial charge is 0.257 e. The predicted octanol–water partition coefficient (Wildman–Crippen LogP) is 1.78. The molecule has 2 aromatic rings. The molecule has 2 atom stereocenters. The van der Waals surface area contributed by atoms with Gasteiger partial charge >= 0.3 is 0 Å². The van der Waals surface area contributed by atoms with Crippen LogP contribution in [0, 0.1) is 6.92 Å². The molecule has 1 N–H and O–H groups in total. The third-order valence-electron chi connectivity index (χ3n) is 3.89. The number of piperazine rings is 1. The normalized spacial score (nSPS) is 20.9. The zero-order chi connectivity index (χ0) is 17.1. The molecule has 0 spiro atoms. The number of hydrogen-bond acceptors (Lipinski definition) is 6. The van der Waals surface area contributed by atoms with E-state index >= 15 is 0 Å². The van der Waals surface area contributed by atoms with Crippen molar-refractivity contribution < 1.29 is 14.1 Å². The summed E-state index contributed by atoms with van der Waals surface area (Å²) in [6, 6.07) is 7.80. The first-order chi connectivity index (χ1) is 11.5. The monoisotopic (exact) mass is 330 g/mol. The van der Waals surface area contributed by atoms with Gasteiger partial charge in [0.15, 0.2) is 6.61 Å². The number of amides is 1. The minimum Gasteiger partial charge on any atom is -0.485 e. The van der Waals surface area contributed by atoms with Crippen molar-refractivity contribution in [3.63, 3.8) is 0 Å². The number of ether oxygens (including phenoxy) is 1. The summed E-state index contributed by atoms with van der Waals surface area (Å²) in [5, 5.41) is 7.23. The van der Waals surface area contributed by atoms with Crippen molar-refractivity contribution in [1.29, 1.82) is 0 Å². The van der Waals surface area contributed by atoms with Crippen molar-refractivity contribution in [3.05, 3.63) is 41.5 Å². The van der Waals surface area contributed by atoms with Crippen molar-refractivity contribution in [3.8, 4) is 5.75 Å². The molecule has 1 aromatic heterocycles. The summed E-state index contributed by atoms with van der Waals surface area (Å²) in [4.78, 5) is 18.9. The highest BCUT2D eigenvalue weighted by atomic mass is 16.5. The fourth-order valence-corrected chi connectivity index (χ4v) is 2.97. The third kappa shape index (κ3) is 3.73. The predicted molar refractivity (Wildman–Crippen MR) is 87.8 cm³/mol. The van der Waals surface area contributed by atoms with Crippen LogP contribution in [0.2, 0.25) is 0 Å². The van der Waals surface area contributed by atoms with Gasteiger partial charge in [-0.15, -0.1) is 0 Å². The Morgan fingerprint density at radius 1 is 1.33 bits per heavy atom. The van der Waals surface area contributed by atoms with Gasteiger partial charge in [-0.05, 0) is 26.0 Å². The molecular weight excluding hydrogens is 308 g/mol. The van der Waals surface area contributed by atoms with Gasteiger partial charge in [0.2, 0.25) is 11.7 Å². The average Bonchev–Trinajstić information content (AvgIpc) is 2.97. The molecule has 128 valence electrons. The van der Waals surface area contributed by atoms with E-state index in [0.717, 1.165) is 0 Å². The maximum absolute atomic E-state index is 12.9. The minimum atomic E-state index is -0.0184. The van der Waals surface area contributed by atoms with Crippen molar-refractivity contribution in [2.24, 2.45) is 0 Å². The van der Waals surface area contributed by atoms with E-state index in [1.807, 2.05) is 17.0 Å². The Balaban J connectivity index is 1.74. The molecular formula is C17H22N4O3. The Bertz CT molecular complexity index is 705. The van der Waals surface area contributed by atoms with E-state index < -0.39 is 0 Å². The van der Waals surface area contributed by atoms with Crippen molar-refractivity contribution in [2.45, 2.75) is 39.5 Å². The molecule has 0 radical (unpaired) electrons. The van der Waals surface area contributed by atoms with Crippen LogP contribution in [0.4, 0.5) is 0 Å². The number of benzene rings is 1. The molecule has 0 saturated carbocycles. The zero-order valence-corrected chi connectivity index (χ0v) is 14.2. The average molecular weight is 330 g/mol. The van der Waals surface area contributed by atoms with Crippen LogP contribution in [-0.4, -0.2) is 46.1 Å². The summed E-state index contributed by atoms with van der Waals surface area (Å²) in [5.41, 5.74) is 0.555. The lowest BCUT2D eigenvalue weighted by Gasteiger charge is -2.36. The molecule has 1 aliphatic rings. The fraction of sp³-hybridized carbons (Fsp3) is 0.471. The molecule has 0 unspecified atom stereocenters. The lowest BCUT2D eigenvalue weighted by Crippen LogP contribution is -2.55. The summed E-state index contributed by atoms with van der Waals surface area (Å²) in [6.07, 6.45) is 0. The maximum atomic E-state index is 12.9. The van der Waals surface area contributed by atoms with Crippen LogP contribution in [-0.2, 0) is 6.61 Å². The number of para-hydroxylation sites is 1. The van der Waals surface area contributed by atoms with Gasteiger partial charge in [-0.3, -0.25) is 4.79 Å². The van der Waals surface area contributed by atoms with Crippen LogP contribution in [0.1, 0.15) is 35.9 Å². The van der Waals surface area contributed by atoms with Gasteiger partial charge in [0, 0.05) is 32.1 Å². The number of aryl methyl sites for hydroxylation is 1. The highest BCUT2D eigenvalue weighted by molar-refractivity contribution is 5.97. The van der Waals surface area contributed by atoms with Crippen molar-refractivity contribution >= 4 is 5.91 Å². The second kappa shape index (κ2) is 7.00. The van der Waals surface area contributed by atoms with Crippen molar-refractivity contribution in [2.75, 3.05) is 13.1 Å². The second-order valence-electron chi connectivity index (χ2n) is 6.19. The number of nitrogens with zero attached hydrogens (tertiary/aromatic N) is 3. The number of carbonyl (C=O) groups excluding carboxylic acids is 1. The quantitative estimate of drug-likeness (QED) is 0.920. The summed E-state index contributed by atoms with van der Waals surface area (Å²) in [7, 11) is 0. The Morgan fingerprint density at radius 3 is 2.71 bits per heavy atom. The third-order valence-corrected chi connectivity index (χ3v) is 3.89. The molecule has 1 aromatic carbocycles. The Labute approximate surface area is 141 Å². The van der Waals surface area contributed by atoms with Crippen LogP contribution in [0.15, 0.2) is 28.8 Å². The number of rotatable bonds is 4. The van der Waals surface area contributed by atoms with Gasteiger partial charge in [-0.25, -0.2) is 0 Å². The van der Waals surface area contributed by atoms with E-state index in [1.54, 1.807) is 19.1 Å². The fourth-order valence-electron chi connectivity index (χ4n) is 2.97. The first kappa shape index (κ1) is 16.4. The molecule has 7 nitrogen and oxygen atoms in total. The largest absolute Gasteiger partial charge is 0.485 e. The lowest BCUT2D eigenvalue weighted by molar-refractivity contribution is 0.0669. The first-order valence-corrected chi connectivity index (χ1v) is 8.09. The number of carbonyl (C=O) groups is 1. The van der Waals surface area contributed by atoms with Crippen LogP contribution in [0.3, 0.4) is 0 Å². The van der Waals surface area contributed by atoms with Crippen LogP contribution in [0.25, 0.3) is 0 Å². The Morgan fingerprint density at radius 2 is 2.04 bits per heavy atom. The standard InChI is InChI=1S/C17H22N4O3/c1-11-8-21(9-12(2)18-11)17(22)14-6-4-5-7-15(14)23-10-16-19-13(3)24-20-16/h4-7,11-12,18H,8-10H2,1-3H3/t11-,12-/m1/s1. The SMILES string of the molecule is Cc1nc(COc2ccccc2C(=O)N2C[C@@H](C)N[C@H](C)C2)no1. The summed E-state index contributed by atoms with van der Waals surface area (Å²) < 4.78 is 10.7. The summed E-state index contributed by atoms with van der Waals surface area (Å²) in [6.45, 7) is 7.41. The van der Waals surface area contributed by atoms with Crippen LogP contribution < -0.4 is 10.1 Å². The van der Waals surface area contributed by atoms with Gasteiger partial charge in [-0.1, -0.05) is 17.3 Å².